The van der Waals surface area contributed by atoms with Crippen LogP contribution in [0.5, 0.6) is 0 Å². The van der Waals surface area contributed by atoms with E-state index in [1.54, 1.807) is 32.0 Å². The lowest BCUT2D eigenvalue weighted by molar-refractivity contribution is -0.200. The van der Waals surface area contributed by atoms with Gasteiger partial charge in [-0.1, -0.05) is 29.8 Å². The molecule has 21 heavy (non-hydrogen) atoms. The maximum Gasteiger partial charge on any atom is 0.406 e. The van der Waals surface area contributed by atoms with Crippen LogP contribution in [-0.2, 0) is 11.2 Å². The predicted molar refractivity (Wildman–Crippen MR) is 73.4 cm³/mol. The van der Waals surface area contributed by atoms with Crippen molar-refractivity contribution in [2.45, 2.75) is 51.4 Å². The van der Waals surface area contributed by atoms with Gasteiger partial charge in [-0.3, -0.25) is 10.2 Å². The van der Waals surface area contributed by atoms with Gasteiger partial charge in [0.05, 0.1) is 0 Å². The summed E-state index contributed by atoms with van der Waals surface area (Å²) in [5, 5.41) is 1.05. The minimum absolute atomic E-state index is 0.0629. The highest BCUT2D eigenvalue weighted by Crippen LogP contribution is 2.34. The molecule has 0 bridgehead atoms. The Morgan fingerprint density at radius 2 is 2.05 bits per heavy atom. The van der Waals surface area contributed by atoms with E-state index in [-0.39, 0.29) is 18.7 Å². The molecule has 6 heteroatoms. The smallest absolute Gasteiger partial charge is 0.288 e. The Morgan fingerprint density at radius 3 is 2.52 bits per heavy atom. The molecule has 0 unspecified atom stereocenters. The van der Waals surface area contributed by atoms with E-state index in [0.29, 0.717) is 5.56 Å². The van der Waals surface area contributed by atoms with Crippen LogP contribution >= 0.6 is 0 Å². The molecule has 1 aliphatic heterocycles. The number of nitrogens with one attached hydrogen (secondary N) is 1. The molecule has 0 spiro atoms. The van der Waals surface area contributed by atoms with E-state index in [0.717, 1.165) is 10.6 Å². The highest BCUT2D eigenvalue weighted by atomic mass is 19.4. The SMILES string of the molecule is Cc1cccc(C[C@H](N2NC(=O)CC2(C)C)C(F)(F)F)c1. The first-order valence-electron chi connectivity index (χ1n) is 6.81. The molecule has 0 radical (unpaired) electrons. The lowest BCUT2D eigenvalue weighted by Crippen LogP contribution is -2.57. The van der Waals surface area contributed by atoms with Crippen LogP contribution in [0.2, 0.25) is 0 Å². The number of nitrogens with zero attached hydrogens (tertiary/aromatic N) is 1. The summed E-state index contributed by atoms with van der Waals surface area (Å²) in [6, 6.07) is 5.26. The largest absolute Gasteiger partial charge is 0.406 e. The zero-order valence-corrected chi connectivity index (χ0v) is 12.3. The molecule has 1 heterocycles. The number of halogens is 3. The zero-order valence-electron chi connectivity index (χ0n) is 12.3. The van der Waals surface area contributed by atoms with Crippen LogP contribution in [0.4, 0.5) is 13.2 Å². The normalized spacial score (nSPS) is 20.4. The zero-order chi connectivity index (χ0) is 15.8. The number of benzene rings is 1. The van der Waals surface area contributed by atoms with Crippen molar-refractivity contribution in [3.05, 3.63) is 35.4 Å². The van der Waals surface area contributed by atoms with Gasteiger partial charge < -0.3 is 0 Å². The summed E-state index contributed by atoms with van der Waals surface area (Å²) in [6.45, 7) is 5.12. The van der Waals surface area contributed by atoms with E-state index in [9.17, 15) is 18.0 Å². The quantitative estimate of drug-likeness (QED) is 0.931. The van der Waals surface area contributed by atoms with Gasteiger partial charge in [-0.2, -0.15) is 13.2 Å². The average Bonchev–Trinajstić information content (AvgIpc) is 2.58. The fraction of sp³-hybridized carbons (Fsp3) is 0.533. The van der Waals surface area contributed by atoms with Crippen molar-refractivity contribution in [2.24, 2.45) is 0 Å². The van der Waals surface area contributed by atoms with Gasteiger partial charge in [0.25, 0.3) is 0 Å². The summed E-state index contributed by atoms with van der Waals surface area (Å²) in [5.41, 5.74) is 3.02. The van der Waals surface area contributed by atoms with Gasteiger partial charge in [0, 0.05) is 12.0 Å². The third-order valence-corrected chi connectivity index (χ3v) is 3.69. The standard InChI is InChI=1S/C15H19F3N2O/c1-10-5-4-6-11(7-10)8-12(15(16,17)18)20-14(2,3)9-13(21)19-20/h4-7,12H,8-9H2,1-3H3,(H,19,21)/t12-/m0/s1. The summed E-state index contributed by atoms with van der Waals surface area (Å²) >= 11 is 0. The first-order chi connectivity index (χ1) is 9.59. The fourth-order valence-corrected chi connectivity index (χ4v) is 2.72. The number of alkyl halides is 3. The summed E-state index contributed by atoms with van der Waals surface area (Å²) < 4.78 is 40.3. The van der Waals surface area contributed by atoms with Crippen LogP contribution in [0.15, 0.2) is 24.3 Å². The molecule has 0 aliphatic carbocycles. The second-order valence-corrected chi connectivity index (χ2v) is 6.14. The van der Waals surface area contributed by atoms with E-state index in [4.69, 9.17) is 0 Å². The minimum Gasteiger partial charge on any atom is -0.288 e. The van der Waals surface area contributed by atoms with Crippen molar-refractivity contribution in [2.75, 3.05) is 0 Å². The molecule has 1 fully saturated rings. The molecular weight excluding hydrogens is 281 g/mol. The van der Waals surface area contributed by atoms with E-state index in [2.05, 4.69) is 5.43 Å². The predicted octanol–water partition coefficient (Wildman–Crippen LogP) is 2.98. The number of amides is 1. The summed E-state index contributed by atoms with van der Waals surface area (Å²) in [6.07, 6.45) is -4.54. The highest BCUT2D eigenvalue weighted by Gasteiger charge is 2.51. The number of carbonyl (C=O) groups excluding carboxylic acids is 1. The molecule has 116 valence electrons. The van der Waals surface area contributed by atoms with Crippen LogP contribution in [0.1, 0.15) is 31.4 Å². The first kappa shape index (κ1) is 15.8. The summed E-state index contributed by atoms with van der Waals surface area (Å²) in [5.74, 6) is -0.376. The lowest BCUT2D eigenvalue weighted by atomic mass is 9.96. The van der Waals surface area contributed by atoms with Crippen molar-refractivity contribution in [3.8, 4) is 0 Å². The van der Waals surface area contributed by atoms with Crippen LogP contribution in [0.3, 0.4) is 0 Å². The summed E-state index contributed by atoms with van der Waals surface area (Å²) in [4.78, 5) is 11.5. The third-order valence-electron chi connectivity index (χ3n) is 3.69. The Labute approximate surface area is 122 Å². The first-order valence-corrected chi connectivity index (χ1v) is 6.81. The van der Waals surface area contributed by atoms with Crippen LogP contribution in [-0.4, -0.2) is 28.7 Å². The molecule has 0 aromatic heterocycles. The van der Waals surface area contributed by atoms with Gasteiger partial charge in [-0.05, 0) is 32.8 Å². The number of carbonyl (C=O) groups is 1. The van der Waals surface area contributed by atoms with Gasteiger partial charge in [-0.25, -0.2) is 5.01 Å². The van der Waals surface area contributed by atoms with E-state index < -0.39 is 17.8 Å². The summed E-state index contributed by atoms with van der Waals surface area (Å²) in [7, 11) is 0. The molecule has 1 N–H and O–H groups in total. The maximum atomic E-state index is 13.4. The molecule has 1 amide bonds. The molecular formula is C15H19F3N2O. The minimum atomic E-state index is -4.42. The number of hydrogen-bond acceptors (Lipinski definition) is 2. The van der Waals surface area contributed by atoms with Gasteiger partial charge >= 0.3 is 6.18 Å². The fourth-order valence-electron chi connectivity index (χ4n) is 2.72. The molecule has 1 atom stereocenters. The molecule has 1 aliphatic rings. The van der Waals surface area contributed by atoms with Gasteiger partial charge in [0.2, 0.25) is 5.91 Å². The van der Waals surface area contributed by atoms with E-state index in [1.165, 1.54) is 0 Å². The number of hydrazine groups is 1. The van der Waals surface area contributed by atoms with Gasteiger partial charge in [0.1, 0.15) is 6.04 Å². The van der Waals surface area contributed by atoms with Crippen molar-refractivity contribution < 1.29 is 18.0 Å². The number of rotatable bonds is 3. The molecule has 0 saturated carbocycles. The second kappa shape index (κ2) is 5.33. The molecule has 2 rings (SSSR count). The maximum absolute atomic E-state index is 13.4. The molecule has 1 aromatic carbocycles. The van der Waals surface area contributed by atoms with Crippen molar-refractivity contribution in [1.29, 1.82) is 0 Å². The van der Waals surface area contributed by atoms with Crippen LogP contribution in [0, 0.1) is 6.92 Å². The lowest BCUT2D eigenvalue weighted by Gasteiger charge is -2.37. The molecule has 3 nitrogen and oxygen atoms in total. The Bertz CT molecular complexity index is 540. The van der Waals surface area contributed by atoms with Gasteiger partial charge in [0.15, 0.2) is 0 Å². The Hall–Kier alpha value is -1.56. The Kier molecular flexibility index (Phi) is 4.02. The van der Waals surface area contributed by atoms with Crippen molar-refractivity contribution >= 4 is 5.91 Å². The van der Waals surface area contributed by atoms with Gasteiger partial charge in [-0.15, -0.1) is 0 Å². The third kappa shape index (κ3) is 3.56. The number of hydrogen-bond donors (Lipinski definition) is 1. The molecule has 1 aromatic rings. The monoisotopic (exact) mass is 300 g/mol. The van der Waals surface area contributed by atoms with Crippen molar-refractivity contribution in [3.63, 3.8) is 0 Å². The van der Waals surface area contributed by atoms with Crippen molar-refractivity contribution in [1.82, 2.24) is 10.4 Å². The molecule has 1 saturated heterocycles. The average molecular weight is 300 g/mol. The van der Waals surface area contributed by atoms with E-state index in [1.807, 2.05) is 13.0 Å². The highest BCUT2D eigenvalue weighted by molar-refractivity contribution is 5.78. The van der Waals surface area contributed by atoms with Crippen LogP contribution in [0.25, 0.3) is 0 Å². The number of aryl methyl sites for hydroxylation is 1. The second-order valence-electron chi connectivity index (χ2n) is 6.14. The van der Waals surface area contributed by atoms with E-state index >= 15 is 0 Å². The Balaban J connectivity index is 2.30. The topological polar surface area (TPSA) is 32.3 Å². The van der Waals surface area contributed by atoms with Crippen LogP contribution < -0.4 is 5.43 Å². The Morgan fingerprint density at radius 1 is 1.38 bits per heavy atom.